The van der Waals surface area contributed by atoms with Crippen LogP contribution in [0.2, 0.25) is 0 Å². The molecule has 0 aromatic heterocycles. The van der Waals surface area contributed by atoms with Crippen LogP contribution < -0.4 is 0 Å². The number of rotatable bonds is 8. The van der Waals surface area contributed by atoms with Gasteiger partial charge in [0.05, 0.1) is 13.2 Å². The standard InChI is InChI=1S/C22H25NO2/c1-5-21(20-14-10-7-11-15-20)23(16-19-12-8-6-9-13-19)18(3)17(2)22(24)25-4/h5-15,18,21H,1-2,16H2,3-4H3. The molecule has 3 nitrogen and oxygen atoms in total. The lowest BCUT2D eigenvalue weighted by Crippen LogP contribution is -2.38. The summed E-state index contributed by atoms with van der Waals surface area (Å²) in [4.78, 5) is 14.2. The van der Waals surface area contributed by atoms with E-state index in [1.165, 1.54) is 7.11 Å². The molecule has 0 heterocycles. The molecule has 3 heteroatoms. The molecule has 2 atom stereocenters. The molecule has 2 aromatic carbocycles. The van der Waals surface area contributed by atoms with Crippen molar-refractivity contribution in [3.8, 4) is 0 Å². The minimum absolute atomic E-state index is 0.0437. The Hall–Kier alpha value is -2.65. The smallest absolute Gasteiger partial charge is 0.334 e. The number of nitrogens with zero attached hydrogens (tertiary/aromatic N) is 1. The molecule has 2 aromatic rings. The Kier molecular flexibility index (Phi) is 6.72. The lowest BCUT2D eigenvalue weighted by Gasteiger charge is -2.35. The lowest BCUT2D eigenvalue weighted by atomic mass is 9.99. The minimum atomic E-state index is -0.388. The molecule has 0 aliphatic heterocycles. The number of hydrogen-bond acceptors (Lipinski definition) is 3. The van der Waals surface area contributed by atoms with Crippen molar-refractivity contribution >= 4 is 5.97 Å². The summed E-state index contributed by atoms with van der Waals surface area (Å²) in [6.07, 6.45) is 1.90. The average Bonchev–Trinajstić information content (AvgIpc) is 2.67. The summed E-state index contributed by atoms with van der Waals surface area (Å²) in [5.41, 5.74) is 2.72. The first-order valence-electron chi connectivity index (χ1n) is 8.32. The monoisotopic (exact) mass is 335 g/mol. The maximum absolute atomic E-state index is 12.0. The van der Waals surface area contributed by atoms with Crippen molar-refractivity contribution in [2.24, 2.45) is 0 Å². The number of carbonyl (C=O) groups excluding carboxylic acids is 1. The predicted octanol–water partition coefficient (Wildman–Crippen LogP) is 4.53. The second-order valence-electron chi connectivity index (χ2n) is 5.94. The summed E-state index contributed by atoms with van der Waals surface area (Å²) in [7, 11) is 1.38. The number of esters is 1. The number of ether oxygens (including phenoxy) is 1. The highest BCUT2D eigenvalue weighted by atomic mass is 16.5. The Morgan fingerprint density at radius 1 is 1.12 bits per heavy atom. The zero-order valence-electron chi connectivity index (χ0n) is 14.9. The third kappa shape index (κ3) is 4.68. The van der Waals surface area contributed by atoms with Gasteiger partial charge in [-0.3, -0.25) is 4.90 Å². The largest absolute Gasteiger partial charge is 0.466 e. The first kappa shape index (κ1) is 18.7. The molecule has 0 fully saturated rings. The highest BCUT2D eigenvalue weighted by Gasteiger charge is 2.27. The highest BCUT2D eigenvalue weighted by molar-refractivity contribution is 5.88. The predicted molar refractivity (Wildman–Crippen MR) is 102 cm³/mol. The van der Waals surface area contributed by atoms with Crippen LogP contribution in [0.3, 0.4) is 0 Å². The van der Waals surface area contributed by atoms with Crippen LogP contribution in [-0.2, 0) is 16.1 Å². The molecule has 130 valence electrons. The maximum Gasteiger partial charge on any atom is 0.334 e. The van der Waals surface area contributed by atoms with Crippen molar-refractivity contribution < 1.29 is 9.53 Å². The van der Waals surface area contributed by atoms with E-state index in [0.29, 0.717) is 12.1 Å². The number of hydrogen-bond donors (Lipinski definition) is 0. The Balaban J connectivity index is 2.38. The van der Waals surface area contributed by atoms with Crippen LogP contribution in [0, 0.1) is 0 Å². The molecular weight excluding hydrogens is 310 g/mol. The normalized spacial score (nSPS) is 13.1. The van der Waals surface area contributed by atoms with Crippen molar-refractivity contribution in [3.05, 3.63) is 96.6 Å². The molecule has 0 bridgehead atoms. The van der Waals surface area contributed by atoms with Crippen molar-refractivity contribution in [2.45, 2.75) is 25.6 Å². The molecule has 0 aliphatic rings. The quantitative estimate of drug-likeness (QED) is 0.403. The average molecular weight is 335 g/mol. The van der Waals surface area contributed by atoms with Crippen LogP contribution in [0.5, 0.6) is 0 Å². The molecule has 0 aliphatic carbocycles. The van der Waals surface area contributed by atoms with Gasteiger partial charge >= 0.3 is 5.97 Å². The summed E-state index contributed by atoms with van der Waals surface area (Å²) in [6, 6.07) is 20.1. The van der Waals surface area contributed by atoms with Gasteiger partial charge in [-0.15, -0.1) is 6.58 Å². The van der Waals surface area contributed by atoms with Crippen LogP contribution >= 0.6 is 0 Å². The fraction of sp³-hybridized carbons (Fsp3) is 0.227. The number of benzene rings is 2. The van der Waals surface area contributed by atoms with E-state index in [1.807, 2.05) is 49.4 Å². The summed E-state index contributed by atoms with van der Waals surface area (Å²) in [6.45, 7) is 10.6. The fourth-order valence-corrected chi connectivity index (χ4v) is 2.89. The second-order valence-corrected chi connectivity index (χ2v) is 5.94. The Bertz CT molecular complexity index is 709. The van der Waals surface area contributed by atoms with Crippen molar-refractivity contribution in [1.29, 1.82) is 0 Å². The molecule has 0 saturated carbocycles. The van der Waals surface area contributed by atoms with Gasteiger partial charge in [-0.25, -0.2) is 4.79 Å². The molecule has 25 heavy (non-hydrogen) atoms. The minimum Gasteiger partial charge on any atom is -0.466 e. The van der Waals surface area contributed by atoms with Crippen LogP contribution in [0.15, 0.2) is 85.5 Å². The molecule has 2 unspecified atom stereocenters. The van der Waals surface area contributed by atoms with Crippen molar-refractivity contribution in [1.82, 2.24) is 4.90 Å². The zero-order chi connectivity index (χ0) is 18.2. The Labute approximate surface area is 150 Å². The third-order valence-electron chi connectivity index (χ3n) is 4.38. The van der Waals surface area contributed by atoms with Gasteiger partial charge in [-0.1, -0.05) is 73.3 Å². The number of carbonyl (C=O) groups is 1. The van der Waals surface area contributed by atoms with E-state index >= 15 is 0 Å². The van der Waals surface area contributed by atoms with Gasteiger partial charge in [0.1, 0.15) is 0 Å². The third-order valence-corrected chi connectivity index (χ3v) is 4.38. The van der Waals surface area contributed by atoms with E-state index in [4.69, 9.17) is 4.74 Å². The van der Waals surface area contributed by atoms with E-state index in [-0.39, 0.29) is 18.1 Å². The van der Waals surface area contributed by atoms with Crippen LogP contribution in [0.4, 0.5) is 0 Å². The van der Waals surface area contributed by atoms with E-state index in [1.54, 1.807) is 0 Å². The summed E-state index contributed by atoms with van der Waals surface area (Å²) < 4.78 is 4.86. The topological polar surface area (TPSA) is 29.5 Å². The molecule has 0 saturated heterocycles. The van der Waals surface area contributed by atoms with Gasteiger partial charge in [0.25, 0.3) is 0 Å². The van der Waals surface area contributed by atoms with Gasteiger partial charge in [-0.2, -0.15) is 0 Å². The van der Waals surface area contributed by atoms with E-state index in [9.17, 15) is 4.79 Å². The molecular formula is C22H25NO2. The number of methoxy groups -OCH3 is 1. The summed E-state index contributed by atoms with van der Waals surface area (Å²) in [5.74, 6) is -0.388. The van der Waals surface area contributed by atoms with Gasteiger partial charge in [0, 0.05) is 18.2 Å². The van der Waals surface area contributed by atoms with Crippen LogP contribution in [-0.4, -0.2) is 24.0 Å². The zero-order valence-corrected chi connectivity index (χ0v) is 14.9. The van der Waals surface area contributed by atoms with Crippen molar-refractivity contribution in [2.75, 3.05) is 7.11 Å². The Morgan fingerprint density at radius 2 is 1.68 bits per heavy atom. The van der Waals surface area contributed by atoms with Crippen molar-refractivity contribution in [3.63, 3.8) is 0 Å². The highest BCUT2D eigenvalue weighted by Crippen LogP contribution is 2.28. The SMILES string of the molecule is C=CC(c1ccccc1)N(Cc1ccccc1)C(C)C(=C)C(=O)OC. The maximum atomic E-state index is 12.0. The first-order chi connectivity index (χ1) is 12.1. The van der Waals surface area contributed by atoms with E-state index in [0.717, 1.165) is 11.1 Å². The Morgan fingerprint density at radius 3 is 2.20 bits per heavy atom. The fourth-order valence-electron chi connectivity index (χ4n) is 2.89. The van der Waals surface area contributed by atoms with E-state index in [2.05, 4.69) is 42.3 Å². The van der Waals surface area contributed by atoms with Gasteiger partial charge in [0.15, 0.2) is 0 Å². The first-order valence-corrected chi connectivity index (χ1v) is 8.32. The lowest BCUT2D eigenvalue weighted by molar-refractivity contribution is -0.136. The molecule has 0 amide bonds. The van der Waals surface area contributed by atoms with Gasteiger partial charge < -0.3 is 4.74 Å². The van der Waals surface area contributed by atoms with Crippen LogP contribution in [0.25, 0.3) is 0 Å². The van der Waals surface area contributed by atoms with Crippen LogP contribution in [0.1, 0.15) is 24.1 Å². The molecule has 0 spiro atoms. The molecule has 0 radical (unpaired) electrons. The summed E-state index contributed by atoms with van der Waals surface area (Å²) >= 11 is 0. The van der Waals surface area contributed by atoms with Gasteiger partial charge in [0.2, 0.25) is 0 Å². The molecule has 2 rings (SSSR count). The summed E-state index contributed by atoms with van der Waals surface area (Å²) in [5, 5.41) is 0. The second kappa shape index (κ2) is 9.00. The van der Waals surface area contributed by atoms with E-state index < -0.39 is 0 Å². The molecule has 0 N–H and O–H groups in total. The van der Waals surface area contributed by atoms with Gasteiger partial charge in [-0.05, 0) is 18.1 Å².